The van der Waals surface area contributed by atoms with Gasteiger partial charge < -0.3 is 76.0 Å². The van der Waals surface area contributed by atoms with E-state index in [0.717, 1.165) is 122 Å². The number of nitriles is 1. The Labute approximate surface area is 961 Å². The van der Waals surface area contributed by atoms with Gasteiger partial charge in [-0.1, -0.05) is 242 Å². The zero-order valence-corrected chi connectivity index (χ0v) is 94.4. The van der Waals surface area contributed by atoms with Crippen LogP contribution in [0, 0.1) is 11.3 Å². The number of carboxylic acids is 1. The van der Waals surface area contributed by atoms with Crippen molar-refractivity contribution in [3.63, 3.8) is 0 Å². The number of furan rings is 5. The monoisotopic (exact) mass is 2430 g/mol. The van der Waals surface area contributed by atoms with Gasteiger partial charge in [-0.15, -0.1) is 11.6 Å². The molecule has 0 saturated heterocycles. The Kier molecular flexibility index (Phi) is 55.6. The molecule has 0 fully saturated rings. The van der Waals surface area contributed by atoms with Crippen LogP contribution in [0.4, 0.5) is 17.1 Å². The van der Waals surface area contributed by atoms with E-state index in [-0.39, 0.29) is 218 Å². The number of nitrogens with zero attached hydrogens (tertiary/aromatic N) is 2. The molecule has 2 atom stereocenters. The van der Waals surface area contributed by atoms with Crippen LogP contribution in [0.3, 0.4) is 0 Å². The summed E-state index contributed by atoms with van der Waals surface area (Å²) in [6.07, 6.45) is 3.63. The number of fused-ring (bicyclic) bond motifs is 11. The number of aromatic hydroxyl groups is 1. The number of ketones is 4. The summed E-state index contributed by atoms with van der Waals surface area (Å²) < 4.78 is 54.7. The van der Waals surface area contributed by atoms with Crippen LogP contribution in [0.1, 0.15) is 91.9 Å². The molecule has 136 heavy (non-hydrogen) atoms. The summed E-state index contributed by atoms with van der Waals surface area (Å²) >= 11 is 45.5. The van der Waals surface area contributed by atoms with Gasteiger partial charge >= 0.3 is 146 Å². The molecule has 694 valence electrons. The third-order valence-electron chi connectivity index (χ3n) is 17.2. The molecule has 1 aliphatic heterocycles. The van der Waals surface area contributed by atoms with Crippen LogP contribution in [0.25, 0.3) is 106 Å². The maximum Gasteiger partial charge on any atom is 1.00 e. The first-order chi connectivity index (χ1) is 62.3. The molecule has 0 aliphatic carbocycles. The molecular weight excluding hydrogens is 2360 g/mol. The Bertz CT molecular complexity index is 7160. The van der Waals surface area contributed by atoms with E-state index in [1.807, 2.05) is 212 Å². The number of alkyl halides is 1. The molecule has 0 radical (unpaired) electrons. The number of Topliss-reactive ketones (excluding diaryl/α,β-unsaturated/α-hetero) is 3. The van der Waals surface area contributed by atoms with E-state index in [9.17, 15) is 28.5 Å². The molecule has 17 aromatic rings. The second-order valence-corrected chi connectivity index (χ2v) is 39.9. The maximum atomic E-state index is 12.4. The quantitative estimate of drug-likeness (QED) is 0.00977. The number of carbonyl (C=O) groups is 6. The van der Waals surface area contributed by atoms with Gasteiger partial charge in [0.05, 0.1) is 50.8 Å². The number of hydrogen-bond acceptors (Lipinski definition) is 26. The SMILES string of the molecule is C.CC(=O)CCl.CC(=O)O.CC(=O)c1oc2ccc(Br)cc2c1N.Clc1cc(-c2ccccc2)nc2c1oc1ccc(Br)cc12.N#Cc1cc(Br)ccc1O.Nc1c(C(=O)/C=C/c2ccccc2)oc2ccc(Br)cc12.O=C1CC(c2ccccc2)Nc2c1oc1ccc(Br)cc21.O=CO[O-].O=P(Cl)(Cl)Cl.O=[P+]([O-])OO.O=c1cc(-c2ccccc2)[nH]c2c1oc1ccc(Br)cc12.[H-].[HH].[K+].[K+].[Na+].[OH-]. The number of halogens is 11. The van der Waals surface area contributed by atoms with Gasteiger partial charge in [-0.25, -0.2) is 10.2 Å². The number of aromatic nitrogens is 2. The predicted molar refractivity (Wildman–Crippen MR) is 540 cm³/mol. The molecule has 0 amide bonds. The number of phenolic OH excluding ortho intramolecular Hbond substituents is 1. The zero-order chi connectivity index (χ0) is 95.9. The summed E-state index contributed by atoms with van der Waals surface area (Å²) in [7, 11) is -3.04. The van der Waals surface area contributed by atoms with Gasteiger partial charge in [-0.2, -0.15) is 5.26 Å². The molecule has 2 unspecified atom stereocenters. The molecule has 0 spiro atoms. The van der Waals surface area contributed by atoms with Crippen LogP contribution < -0.4 is 165 Å². The Morgan fingerprint density at radius 2 is 1.04 bits per heavy atom. The summed E-state index contributed by atoms with van der Waals surface area (Å²) in [4.78, 5) is 95.0. The summed E-state index contributed by atoms with van der Waals surface area (Å²) in [5.74, 6) is -0.163. The first-order valence-corrected chi connectivity index (χ1v) is 48.4. The topological polar surface area (TPSA) is 491 Å². The summed E-state index contributed by atoms with van der Waals surface area (Å²) in [6, 6.07) is 77.6. The van der Waals surface area contributed by atoms with Crippen molar-refractivity contribution in [3.05, 3.63) is 325 Å². The molecule has 10 aromatic carbocycles. The number of allylic oxidation sites excluding steroid dienone is 1. The minimum Gasteiger partial charge on any atom is -1.00 e. The number of pyridine rings is 2. The Hall–Kier alpha value is -6.70. The standard InChI is InChI=1S/C17H9BrClNO.C17H12BrNO2.C17H10BrNO2.C17H12BrNO2.C10H8BrNO2.C7H4BrNO.C3H5ClO.C2H4O2.CH2O3.CH4.Cl3OP.2K.Na.HO4P.H2O.H2.H/c18-11-6-7-15-12(8-11)16-17(21-15)13(19)9-14(20-16)10-4-2-1-3-5-10;2*18-11-6-7-15-12(8-11)16-17(21-15)14(20)9-13(19-16)10-4-2-1-3-5-10;18-12-7-9-15-13(10-12)16(19)17(21-15)14(20)8-6-11-4-2-1-3-5-11;1-5(13)10-9(12)7-4-6(11)2-3-8(7)14-10;8-6-1-2-7(10)5(3-6)4-9;1-3(5)2-4;1-2(3)4;2-1-4-3;;1-5(2,3)4;;;;1-4-5(2)3;;;/h1-9H;1-8,13,19H,9H2;1-9H,(H,19,20);1-10H,19H2;2-4H,12H2,1H3;1-3,10H;2H2,1H3;1H3,(H,3,4);1,3H;1H4;;;;;1H;1H2;1H;/q;;;;;;;;;;;3*+1;;;;-1/p-2/b;;;8-6+;;;;;;;;;;;;;;. The number of phenols is 1. The molecule has 44 heteroatoms. The molecule has 0 saturated carbocycles. The van der Waals surface area contributed by atoms with E-state index in [4.69, 9.17) is 107 Å². The van der Waals surface area contributed by atoms with Crippen molar-refractivity contribution in [2.24, 2.45) is 0 Å². The summed E-state index contributed by atoms with van der Waals surface area (Å²) in [5, 5.41) is 45.4. The predicted octanol–water partition coefficient (Wildman–Crippen LogP) is 18.9. The van der Waals surface area contributed by atoms with Crippen molar-refractivity contribution in [1.29, 1.82) is 5.26 Å². The number of nitrogens with two attached hydrogens (primary N) is 2. The average molecular weight is 2440 g/mol. The minimum absolute atomic E-state index is 0. The fraction of sp³-hybridized carbons (Fsp3) is 0.0761. The number of rotatable bonds is 10. The molecule has 8 heterocycles. The maximum absolute atomic E-state index is 12.4. The largest absolute Gasteiger partial charge is 1.00 e. The third kappa shape index (κ3) is 38.0. The summed E-state index contributed by atoms with van der Waals surface area (Å²) in [5.41, 5.74) is 25.2. The number of aliphatic carboxylic acids is 1. The summed E-state index contributed by atoms with van der Waals surface area (Å²) in [6.45, 7) is 3.79. The number of anilines is 3. The van der Waals surface area contributed by atoms with Crippen LogP contribution in [0.2, 0.25) is 5.02 Å². The van der Waals surface area contributed by atoms with Crippen molar-refractivity contribution >= 4 is 302 Å². The van der Waals surface area contributed by atoms with Gasteiger partial charge in [0.2, 0.25) is 17.0 Å². The number of hydrogen-bond donors (Lipinski definition) is 7. The van der Waals surface area contributed by atoms with Gasteiger partial charge in [0.25, 0.3) is 12.4 Å². The molecule has 28 nitrogen and oxygen atoms in total. The number of H-pyrrole nitrogens is 1. The van der Waals surface area contributed by atoms with Crippen molar-refractivity contribution in [3.8, 4) is 34.3 Å². The third-order valence-corrected chi connectivity index (χ3v) is 21.0. The number of nitrogen functional groups attached to an aromatic ring is 2. The normalized spacial score (nSPS) is 11.2. The second-order valence-electron chi connectivity index (χ2n) is 26.5. The van der Waals surface area contributed by atoms with E-state index in [1.165, 1.54) is 26.0 Å². The Balaban J connectivity index is 0.000000791. The molecule has 0 bridgehead atoms. The van der Waals surface area contributed by atoms with E-state index < -0.39 is 19.4 Å². The van der Waals surface area contributed by atoms with Gasteiger partial charge in [0.1, 0.15) is 51.0 Å². The van der Waals surface area contributed by atoms with Gasteiger partial charge in [0, 0.05) is 97.5 Å². The Morgan fingerprint density at radius 1 is 0.640 bits per heavy atom. The smallest absolute Gasteiger partial charge is 1.00 e. The van der Waals surface area contributed by atoms with Crippen molar-refractivity contribution in [1.82, 2.24) is 9.97 Å². The van der Waals surface area contributed by atoms with Crippen molar-refractivity contribution in [2.75, 3.05) is 22.7 Å². The number of benzene rings is 10. The van der Waals surface area contributed by atoms with E-state index in [1.54, 1.807) is 36.4 Å². The minimum atomic E-state index is -3.22. The van der Waals surface area contributed by atoms with E-state index >= 15 is 0 Å². The number of carbonyl (C=O) groups excluding carboxylic acids is 5. The van der Waals surface area contributed by atoms with Crippen LogP contribution in [-0.4, -0.2) is 72.4 Å². The number of aromatic amines is 1. The molecular formula is C92H74Br6Cl5K2N6NaO22P2. The van der Waals surface area contributed by atoms with Gasteiger partial charge in [-0.05, 0) is 183 Å². The van der Waals surface area contributed by atoms with Crippen molar-refractivity contribution in [2.45, 2.75) is 40.7 Å². The molecule has 1 aliphatic rings. The van der Waals surface area contributed by atoms with Gasteiger partial charge in [-0.3, -0.25) is 38.1 Å². The first kappa shape index (κ1) is 123. The Morgan fingerprint density at radius 3 is 1.49 bits per heavy atom. The van der Waals surface area contributed by atoms with Crippen LogP contribution in [0.5, 0.6) is 5.75 Å². The molecule has 18 rings (SSSR count). The van der Waals surface area contributed by atoms with Crippen LogP contribution in [0.15, 0.2) is 302 Å². The van der Waals surface area contributed by atoms with Crippen LogP contribution in [-0.2, 0) is 33.1 Å². The first-order valence-electron chi connectivity index (χ1n) is 37.2. The van der Waals surface area contributed by atoms with Crippen molar-refractivity contribution < 1.29 is 236 Å². The average Bonchev–Trinajstić information content (AvgIpc) is 1.59. The zero-order valence-electron chi connectivity index (χ0n) is 72.1. The molecule has 7 aromatic heterocycles. The number of carboxylic acid groups (broad SMARTS) is 1. The molecule has 10 N–H and O–H groups in total. The van der Waals surface area contributed by atoms with Crippen LogP contribution >= 0.6 is 166 Å². The fourth-order valence-corrected chi connectivity index (χ4v) is 14.2. The number of nitrogens with one attached hydrogen (secondary N) is 2. The second kappa shape index (κ2) is 61.2. The van der Waals surface area contributed by atoms with E-state index in [0.29, 0.717) is 56.5 Å². The van der Waals surface area contributed by atoms with E-state index in [2.05, 4.69) is 149 Å². The fourth-order valence-electron chi connectivity index (χ4n) is 11.8. The van der Waals surface area contributed by atoms with Gasteiger partial charge in [0.15, 0.2) is 34.2 Å².